The molecule has 33 heavy (non-hydrogen) atoms. The van der Waals surface area contributed by atoms with E-state index in [1.807, 2.05) is 0 Å². The topological polar surface area (TPSA) is 42.7 Å². The lowest BCUT2D eigenvalue weighted by Gasteiger charge is -2.19. The maximum Gasteiger partial charge on any atom is 0.196 e. The average Bonchev–Trinajstić information content (AvgIpc) is 3.20. The number of hydrogen-bond donors (Lipinski definition) is 1. The van der Waals surface area contributed by atoms with E-state index in [0.29, 0.717) is 6.54 Å². The third kappa shape index (κ3) is 5.85. The van der Waals surface area contributed by atoms with E-state index in [-0.39, 0.29) is 5.41 Å². The van der Waals surface area contributed by atoms with E-state index in [1.165, 1.54) is 22.3 Å². The zero-order valence-corrected chi connectivity index (χ0v) is 20.9. The Morgan fingerprint density at radius 2 is 1.39 bits per heavy atom. The summed E-state index contributed by atoms with van der Waals surface area (Å²) in [5, 5.41) is 13.5. The molecule has 3 aromatic carbocycles. The van der Waals surface area contributed by atoms with E-state index < -0.39 is 0 Å². The van der Waals surface area contributed by atoms with E-state index in [4.69, 9.17) is 0 Å². The fourth-order valence-corrected chi connectivity index (χ4v) is 4.49. The van der Waals surface area contributed by atoms with Gasteiger partial charge in [-0.3, -0.25) is 4.57 Å². The fraction of sp³-hybridized carbons (Fsp3) is 0.286. The van der Waals surface area contributed by atoms with Gasteiger partial charge in [0.1, 0.15) is 0 Å². The summed E-state index contributed by atoms with van der Waals surface area (Å²) in [6.45, 7) is 11.5. The normalized spacial score (nSPS) is 11.5. The van der Waals surface area contributed by atoms with Crippen molar-refractivity contribution in [3.05, 3.63) is 101 Å². The number of rotatable bonds is 7. The van der Waals surface area contributed by atoms with Crippen molar-refractivity contribution in [2.24, 2.45) is 0 Å². The highest BCUT2D eigenvalue weighted by molar-refractivity contribution is 7.98. The summed E-state index contributed by atoms with van der Waals surface area (Å²) < 4.78 is 2.16. The van der Waals surface area contributed by atoms with Gasteiger partial charge in [0.05, 0.1) is 6.54 Å². The van der Waals surface area contributed by atoms with Gasteiger partial charge in [-0.1, -0.05) is 92.2 Å². The number of nitrogens with one attached hydrogen (secondary N) is 1. The molecule has 4 nitrogen and oxygen atoms in total. The van der Waals surface area contributed by atoms with E-state index >= 15 is 0 Å². The summed E-state index contributed by atoms with van der Waals surface area (Å²) >= 11 is 1.72. The lowest BCUT2D eigenvalue weighted by Crippen LogP contribution is -2.10. The Kier molecular flexibility index (Phi) is 6.89. The third-order valence-electron chi connectivity index (χ3n) is 5.68. The van der Waals surface area contributed by atoms with Gasteiger partial charge in [0, 0.05) is 17.1 Å². The molecule has 1 N–H and O–H groups in total. The molecule has 0 atom stereocenters. The fourth-order valence-electron chi connectivity index (χ4n) is 3.56. The van der Waals surface area contributed by atoms with Crippen LogP contribution in [0.5, 0.6) is 0 Å². The molecule has 1 heterocycles. The van der Waals surface area contributed by atoms with Crippen molar-refractivity contribution in [1.82, 2.24) is 14.8 Å². The second kappa shape index (κ2) is 9.84. The van der Waals surface area contributed by atoms with Gasteiger partial charge in [0.2, 0.25) is 0 Å². The van der Waals surface area contributed by atoms with Crippen LogP contribution in [0.4, 0.5) is 5.69 Å². The molecule has 1 aromatic heterocycles. The first-order valence-electron chi connectivity index (χ1n) is 11.3. The minimum atomic E-state index is 0.163. The molecule has 4 rings (SSSR count). The Labute approximate surface area is 201 Å². The molecular weight excluding hydrogens is 424 g/mol. The molecule has 170 valence electrons. The van der Waals surface area contributed by atoms with Crippen LogP contribution in [0.25, 0.3) is 5.69 Å². The molecule has 0 radical (unpaired) electrons. The Morgan fingerprint density at radius 3 is 2.00 bits per heavy atom. The quantitative estimate of drug-likeness (QED) is 0.302. The molecule has 0 aliphatic heterocycles. The van der Waals surface area contributed by atoms with Crippen LogP contribution < -0.4 is 5.32 Å². The molecule has 0 saturated carbocycles. The highest BCUT2D eigenvalue weighted by Crippen LogP contribution is 2.28. The molecule has 0 unspecified atom stereocenters. The molecule has 0 bridgehead atoms. The number of anilines is 1. The van der Waals surface area contributed by atoms with Crippen molar-refractivity contribution in [1.29, 1.82) is 0 Å². The van der Waals surface area contributed by atoms with Gasteiger partial charge >= 0.3 is 0 Å². The van der Waals surface area contributed by atoms with Crippen molar-refractivity contribution in [2.75, 3.05) is 5.32 Å². The van der Waals surface area contributed by atoms with Crippen molar-refractivity contribution in [2.45, 2.75) is 57.5 Å². The molecule has 0 spiro atoms. The first kappa shape index (κ1) is 23.1. The summed E-state index contributed by atoms with van der Waals surface area (Å²) in [5.74, 6) is 1.74. The van der Waals surface area contributed by atoms with Gasteiger partial charge in [-0.15, -0.1) is 10.2 Å². The van der Waals surface area contributed by atoms with Crippen LogP contribution in [0.15, 0.2) is 78.0 Å². The van der Waals surface area contributed by atoms with Crippen LogP contribution in [0.1, 0.15) is 48.8 Å². The lowest BCUT2D eigenvalue weighted by molar-refractivity contribution is 0.590. The Bertz CT molecular complexity index is 1180. The summed E-state index contributed by atoms with van der Waals surface area (Å²) in [5.41, 5.74) is 7.44. The van der Waals surface area contributed by atoms with Crippen LogP contribution in [-0.4, -0.2) is 14.8 Å². The van der Waals surface area contributed by atoms with Crippen LogP contribution in [0, 0.1) is 13.8 Å². The highest BCUT2D eigenvalue weighted by Gasteiger charge is 2.16. The number of thioether (sulfide) groups is 1. The van der Waals surface area contributed by atoms with Crippen LogP contribution in [-0.2, 0) is 17.7 Å². The summed E-state index contributed by atoms with van der Waals surface area (Å²) in [6.07, 6.45) is 0. The van der Waals surface area contributed by atoms with Crippen molar-refractivity contribution < 1.29 is 0 Å². The third-order valence-corrected chi connectivity index (χ3v) is 6.68. The summed E-state index contributed by atoms with van der Waals surface area (Å²) in [7, 11) is 0. The van der Waals surface area contributed by atoms with Gasteiger partial charge in [-0.2, -0.15) is 0 Å². The first-order valence-corrected chi connectivity index (χ1v) is 12.3. The predicted molar refractivity (Wildman–Crippen MR) is 139 cm³/mol. The molecule has 0 aliphatic rings. The van der Waals surface area contributed by atoms with Crippen LogP contribution in [0.2, 0.25) is 0 Å². The number of hydrogen-bond acceptors (Lipinski definition) is 4. The minimum absolute atomic E-state index is 0.163. The van der Waals surface area contributed by atoms with Gasteiger partial charge in [-0.25, -0.2) is 0 Å². The predicted octanol–water partition coefficient (Wildman–Crippen LogP) is 7.09. The number of aromatic nitrogens is 3. The van der Waals surface area contributed by atoms with Crippen LogP contribution >= 0.6 is 11.8 Å². The second-order valence-electron chi connectivity index (χ2n) is 9.52. The monoisotopic (exact) mass is 456 g/mol. The van der Waals surface area contributed by atoms with E-state index in [9.17, 15) is 0 Å². The standard InChI is InChI=1S/C28H32N4S/c1-20-6-14-24(15-7-20)29-18-26-30-31-27(32(26)25-16-8-21(2)9-17-25)33-19-22-10-12-23(13-11-22)28(3,4)5/h6-17,29H,18-19H2,1-5H3. The van der Waals surface area contributed by atoms with Crippen LogP contribution in [0.3, 0.4) is 0 Å². The Hall–Kier alpha value is -3.05. The van der Waals surface area contributed by atoms with Gasteiger partial charge in [-0.05, 0) is 54.7 Å². The molecule has 5 heteroatoms. The largest absolute Gasteiger partial charge is 0.378 e. The highest BCUT2D eigenvalue weighted by atomic mass is 32.2. The van der Waals surface area contributed by atoms with Gasteiger partial charge in [0.25, 0.3) is 0 Å². The summed E-state index contributed by atoms with van der Waals surface area (Å²) in [6, 6.07) is 25.9. The number of nitrogens with zero attached hydrogens (tertiary/aromatic N) is 3. The maximum absolute atomic E-state index is 4.55. The first-order chi connectivity index (χ1) is 15.8. The average molecular weight is 457 g/mol. The lowest BCUT2D eigenvalue weighted by atomic mass is 9.87. The minimum Gasteiger partial charge on any atom is -0.378 e. The maximum atomic E-state index is 4.55. The number of benzene rings is 3. The molecule has 4 aromatic rings. The molecule has 0 aliphatic carbocycles. The molecular formula is C28H32N4S. The zero-order chi connectivity index (χ0) is 23.4. The molecule has 0 fully saturated rings. The molecule has 0 saturated heterocycles. The van der Waals surface area contributed by atoms with Gasteiger partial charge in [0.15, 0.2) is 11.0 Å². The zero-order valence-electron chi connectivity index (χ0n) is 20.1. The molecule has 0 amide bonds. The second-order valence-corrected chi connectivity index (χ2v) is 10.5. The Balaban J connectivity index is 1.55. The Morgan fingerprint density at radius 1 is 0.788 bits per heavy atom. The van der Waals surface area contributed by atoms with E-state index in [0.717, 1.165) is 28.1 Å². The van der Waals surface area contributed by atoms with Crippen molar-refractivity contribution >= 4 is 17.4 Å². The SMILES string of the molecule is Cc1ccc(NCc2nnc(SCc3ccc(C(C)(C)C)cc3)n2-c2ccc(C)cc2)cc1. The number of aryl methyl sites for hydroxylation is 2. The van der Waals surface area contributed by atoms with E-state index in [2.05, 4.69) is 127 Å². The smallest absolute Gasteiger partial charge is 0.196 e. The van der Waals surface area contributed by atoms with Crippen molar-refractivity contribution in [3.63, 3.8) is 0 Å². The van der Waals surface area contributed by atoms with E-state index in [1.54, 1.807) is 11.8 Å². The summed E-state index contributed by atoms with van der Waals surface area (Å²) in [4.78, 5) is 0. The van der Waals surface area contributed by atoms with Crippen molar-refractivity contribution in [3.8, 4) is 5.69 Å². The van der Waals surface area contributed by atoms with Gasteiger partial charge < -0.3 is 5.32 Å².